The van der Waals surface area contributed by atoms with Gasteiger partial charge in [-0.3, -0.25) is 4.79 Å². The van der Waals surface area contributed by atoms with Crippen LogP contribution >= 0.6 is 11.8 Å². The maximum absolute atomic E-state index is 11.9. The van der Waals surface area contributed by atoms with E-state index >= 15 is 0 Å². The fraction of sp³-hybridized carbons (Fsp3) is 0.929. The zero-order valence-corrected chi connectivity index (χ0v) is 12.5. The number of halogens is 3. The van der Waals surface area contributed by atoms with Crippen molar-refractivity contribution in [3.05, 3.63) is 0 Å². The van der Waals surface area contributed by atoms with E-state index in [-0.39, 0.29) is 5.75 Å². The van der Waals surface area contributed by atoms with Gasteiger partial charge in [0.15, 0.2) is 0 Å². The summed E-state index contributed by atoms with van der Waals surface area (Å²) >= 11 is 0.397. The number of carbonyl (C=O) groups excluding carboxylic acids is 1. The monoisotopic (exact) mass is 298 g/mol. The van der Waals surface area contributed by atoms with Crippen molar-refractivity contribution in [2.75, 3.05) is 5.75 Å². The van der Waals surface area contributed by atoms with Crippen molar-refractivity contribution in [1.82, 2.24) is 0 Å². The molecular formula is C14H25F3OS. The van der Waals surface area contributed by atoms with E-state index < -0.39 is 11.3 Å². The molecule has 0 aliphatic rings. The molecule has 0 N–H and O–H groups in total. The number of thioether (sulfide) groups is 1. The quantitative estimate of drug-likeness (QED) is 0.453. The molecule has 0 rings (SSSR count). The van der Waals surface area contributed by atoms with Gasteiger partial charge in [0.1, 0.15) is 0 Å². The van der Waals surface area contributed by atoms with Gasteiger partial charge in [0.25, 0.3) is 5.12 Å². The van der Waals surface area contributed by atoms with Gasteiger partial charge >= 0.3 is 6.18 Å². The van der Waals surface area contributed by atoms with Crippen LogP contribution in [0.15, 0.2) is 0 Å². The Balaban J connectivity index is 3.17. The summed E-state index contributed by atoms with van der Waals surface area (Å²) < 4.78 is 35.6. The number of alkyl halides is 3. The van der Waals surface area contributed by atoms with Gasteiger partial charge in [0.05, 0.1) is 0 Å². The van der Waals surface area contributed by atoms with Gasteiger partial charge < -0.3 is 0 Å². The topological polar surface area (TPSA) is 17.1 Å². The van der Waals surface area contributed by atoms with E-state index in [2.05, 4.69) is 6.92 Å². The van der Waals surface area contributed by atoms with Crippen LogP contribution in [0.5, 0.6) is 0 Å². The van der Waals surface area contributed by atoms with E-state index in [1.165, 1.54) is 38.5 Å². The molecule has 0 aliphatic heterocycles. The van der Waals surface area contributed by atoms with Crippen LogP contribution in [0.25, 0.3) is 0 Å². The van der Waals surface area contributed by atoms with Crippen molar-refractivity contribution in [2.24, 2.45) is 0 Å². The van der Waals surface area contributed by atoms with E-state index in [9.17, 15) is 18.0 Å². The van der Waals surface area contributed by atoms with Crippen molar-refractivity contribution in [1.29, 1.82) is 0 Å². The van der Waals surface area contributed by atoms with Crippen LogP contribution in [0, 0.1) is 0 Å². The maximum atomic E-state index is 11.9. The Morgan fingerprint density at radius 1 is 0.842 bits per heavy atom. The number of rotatable bonds is 11. The van der Waals surface area contributed by atoms with Crippen molar-refractivity contribution < 1.29 is 18.0 Å². The van der Waals surface area contributed by atoms with E-state index in [4.69, 9.17) is 0 Å². The van der Waals surface area contributed by atoms with Crippen LogP contribution in [-0.2, 0) is 4.79 Å². The minimum Gasteiger partial charge on any atom is -0.277 e. The summed E-state index contributed by atoms with van der Waals surface area (Å²) in [7, 11) is 0. The molecule has 0 aromatic carbocycles. The lowest BCUT2D eigenvalue weighted by atomic mass is 10.1. The van der Waals surface area contributed by atoms with Gasteiger partial charge in [-0.05, 0) is 6.42 Å². The highest BCUT2D eigenvalue weighted by molar-refractivity contribution is 8.13. The molecule has 0 heterocycles. The van der Waals surface area contributed by atoms with Crippen molar-refractivity contribution >= 4 is 16.9 Å². The highest BCUT2D eigenvalue weighted by Gasteiger charge is 2.38. The minimum absolute atomic E-state index is 0.287. The van der Waals surface area contributed by atoms with Crippen LogP contribution in [0.1, 0.15) is 71.1 Å². The SMILES string of the molecule is CCCCCCCCCCCCSC(=O)C(F)(F)F. The predicted octanol–water partition coefficient (Wildman–Crippen LogP) is 5.73. The molecule has 0 saturated carbocycles. The molecule has 0 spiro atoms. The standard InChI is InChI=1S/C14H25F3OS/c1-2-3-4-5-6-7-8-9-10-11-12-19-13(18)14(15,16)17/h2-12H2,1H3. The highest BCUT2D eigenvalue weighted by Crippen LogP contribution is 2.24. The lowest BCUT2D eigenvalue weighted by Gasteiger charge is -2.04. The van der Waals surface area contributed by atoms with E-state index in [1.54, 1.807) is 0 Å². The zero-order valence-electron chi connectivity index (χ0n) is 11.7. The number of carbonyl (C=O) groups is 1. The van der Waals surface area contributed by atoms with Crippen LogP contribution < -0.4 is 0 Å². The van der Waals surface area contributed by atoms with E-state index in [0.29, 0.717) is 18.2 Å². The molecule has 0 aromatic rings. The highest BCUT2D eigenvalue weighted by atomic mass is 32.2. The summed E-state index contributed by atoms with van der Waals surface area (Å²) in [6.45, 7) is 2.20. The molecule has 0 radical (unpaired) electrons. The van der Waals surface area contributed by atoms with Gasteiger partial charge in [-0.1, -0.05) is 76.5 Å². The Labute approximate surface area is 118 Å². The van der Waals surface area contributed by atoms with Crippen molar-refractivity contribution in [3.63, 3.8) is 0 Å². The second-order valence-electron chi connectivity index (χ2n) is 4.82. The first-order chi connectivity index (χ1) is 8.98. The van der Waals surface area contributed by atoms with Crippen LogP contribution in [-0.4, -0.2) is 17.0 Å². The lowest BCUT2D eigenvalue weighted by molar-refractivity contribution is -0.160. The van der Waals surface area contributed by atoms with Crippen molar-refractivity contribution in [2.45, 2.75) is 77.3 Å². The summed E-state index contributed by atoms with van der Waals surface area (Å²) in [5.41, 5.74) is 0. The van der Waals surface area contributed by atoms with Gasteiger partial charge in [-0.2, -0.15) is 13.2 Å². The second kappa shape index (κ2) is 11.6. The normalized spacial score (nSPS) is 11.8. The minimum atomic E-state index is -4.68. The summed E-state index contributed by atoms with van der Waals surface area (Å²) in [5.74, 6) is 0.287. The molecule has 1 nitrogen and oxygen atoms in total. The van der Waals surface area contributed by atoms with E-state index in [1.807, 2.05) is 0 Å². The Morgan fingerprint density at radius 2 is 1.26 bits per heavy atom. The first-order valence-electron chi connectivity index (χ1n) is 7.22. The van der Waals surface area contributed by atoms with Gasteiger partial charge in [-0.15, -0.1) is 0 Å². The third kappa shape index (κ3) is 12.6. The Hall–Kier alpha value is -0.190. The molecular weight excluding hydrogens is 273 g/mol. The van der Waals surface area contributed by atoms with Crippen LogP contribution in [0.4, 0.5) is 13.2 Å². The first kappa shape index (κ1) is 18.8. The number of hydrogen-bond acceptors (Lipinski definition) is 2. The fourth-order valence-electron chi connectivity index (χ4n) is 1.84. The van der Waals surface area contributed by atoms with Crippen molar-refractivity contribution in [3.8, 4) is 0 Å². The van der Waals surface area contributed by atoms with Gasteiger partial charge in [0.2, 0.25) is 0 Å². The predicted molar refractivity (Wildman–Crippen MR) is 75.4 cm³/mol. The van der Waals surface area contributed by atoms with E-state index in [0.717, 1.165) is 19.3 Å². The van der Waals surface area contributed by atoms with Gasteiger partial charge in [0, 0.05) is 5.75 Å². The number of unbranched alkanes of at least 4 members (excludes halogenated alkanes) is 9. The smallest absolute Gasteiger partial charge is 0.277 e. The largest absolute Gasteiger partial charge is 0.460 e. The summed E-state index contributed by atoms with van der Waals surface area (Å²) in [6, 6.07) is 0. The molecule has 0 unspecified atom stereocenters. The summed E-state index contributed by atoms with van der Waals surface area (Å²) in [4.78, 5) is 10.6. The Morgan fingerprint density at radius 3 is 1.68 bits per heavy atom. The maximum Gasteiger partial charge on any atom is 0.460 e. The molecule has 0 atom stereocenters. The average molecular weight is 298 g/mol. The fourth-order valence-corrected chi connectivity index (χ4v) is 2.53. The third-order valence-electron chi connectivity index (χ3n) is 2.96. The molecule has 0 saturated heterocycles. The molecule has 0 bridgehead atoms. The van der Waals surface area contributed by atoms with Gasteiger partial charge in [-0.25, -0.2) is 0 Å². The lowest BCUT2D eigenvalue weighted by Crippen LogP contribution is -2.19. The van der Waals surface area contributed by atoms with Crippen LogP contribution in [0.3, 0.4) is 0 Å². The molecule has 0 amide bonds. The molecule has 0 fully saturated rings. The Kier molecular flexibility index (Phi) is 11.5. The average Bonchev–Trinajstić information content (AvgIpc) is 2.34. The summed E-state index contributed by atoms with van der Waals surface area (Å²) in [6.07, 6.45) is 6.83. The summed E-state index contributed by atoms with van der Waals surface area (Å²) in [5, 5.41) is -1.66. The molecule has 5 heteroatoms. The first-order valence-corrected chi connectivity index (χ1v) is 8.21. The molecule has 19 heavy (non-hydrogen) atoms. The Bertz CT molecular complexity index is 229. The zero-order chi connectivity index (χ0) is 14.6. The van der Waals surface area contributed by atoms with Crippen LogP contribution in [0.2, 0.25) is 0 Å². The number of hydrogen-bond donors (Lipinski definition) is 0. The third-order valence-corrected chi connectivity index (χ3v) is 3.95. The second-order valence-corrected chi connectivity index (χ2v) is 5.88. The molecule has 114 valence electrons. The molecule has 0 aromatic heterocycles. The molecule has 0 aliphatic carbocycles.